The molecular formula is C24H25FN4O2. The molecule has 4 rings (SSSR count). The third kappa shape index (κ3) is 5.36. The molecule has 1 saturated heterocycles. The van der Waals surface area contributed by atoms with Crippen LogP contribution >= 0.6 is 0 Å². The quantitative estimate of drug-likeness (QED) is 0.616. The molecule has 0 radical (unpaired) electrons. The Bertz CT molecular complexity index is 1090. The summed E-state index contributed by atoms with van der Waals surface area (Å²) in [5.41, 5.74) is 1.63. The minimum Gasteiger partial charge on any atom is -0.349 e. The Labute approximate surface area is 180 Å². The van der Waals surface area contributed by atoms with Crippen LogP contribution in [0.5, 0.6) is 0 Å². The highest BCUT2D eigenvalue weighted by Gasteiger charge is 2.20. The standard InChI is InChI=1S/C24H25FN4O2/c25-20-11-5-4-10-18(20)14-22(30)27-21(17-8-2-1-3-9-17)15-19-16-23(31)28-24(26-19)29-12-6-7-13-29/h1-5,8-11,16,21H,6-7,12-15H2,(H,27,30)(H,26,28,31)/t21-/m1/s1. The largest absolute Gasteiger partial charge is 0.349 e. The number of nitrogens with zero attached hydrogens (tertiary/aromatic N) is 2. The van der Waals surface area contributed by atoms with Crippen molar-refractivity contribution in [3.63, 3.8) is 0 Å². The van der Waals surface area contributed by atoms with E-state index in [4.69, 9.17) is 0 Å². The van der Waals surface area contributed by atoms with E-state index in [0.717, 1.165) is 31.5 Å². The van der Waals surface area contributed by atoms with Crippen LogP contribution in [0.1, 0.15) is 35.7 Å². The first kappa shape index (κ1) is 20.8. The van der Waals surface area contributed by atoms with E-state index in [1.807, 2.05) is 30.3 Å². The fourth-order valence-corrected chi connectivity index (χ4v) is 3.88. The van der Waals surface area contributed by atoms with Crippen LogP contribution in [0.4, 0.5) is 10.3 Å². The fraction of sp³-hybridized carbons (Fsp3) is 0.292. The molecule has 160 valence electrons. The average Bonchev–Trinajstić information content (AvgIpc) is 3.30. The number of aromatic nitrogens is 2. The Kier molecular flexibility index (Phi) is 6.40. The van der Waals surface area contributed by atoms with Crippen molar-refractivity contribution < 1.29 is 9.18 Å². The van der Waals surface area contributed by atoms with Gasteiger partial charge in [0.2, 0.25) is 11.9 Å². The van der Waals surface area contributed by atoms with Crippen LogP contribution in [0.3, 0.4) is 0 Å². The Morgan fingerprint density at radius 3 is 2.55 bits per heavy atom. The molecule has 0 aliphatic carbocycles. The van der Waals surface area contributed by atoms with Gasteiger partial charge in [0, 0.05) is 25.6 Å². The summed E-state index contributed by atoms with van der Waals surface area (Å²) in [6.07, 6.45) is 2.45. The summed E-state index contributed by atoms with van der Waals surface area (Å²) in [7, 11) is 0. The van der Waals surface area contributed by atoms with E-state index >= 15 is 0 Å². The molecule has 2 aromatic carbocycles. The maximum atomic E-state index is 14.0. The lowest BCUT2D eigenvalue weighted by molar-refractivity contribution is -0.121. The first-order valence-corrected chi connectivity index (χ1v) is 10.5. The fourth-order valence-electron chi connectivity index (χ4n) is 3.88. The van der Waals surface area contributed by atoms with Gasteiger partial charge < -0.3 is 10.2 Å². The lowest BCUT2D eigenvalue weighted by Gasteiger charge is -2.21. The van der Waals surface area contributed by atoms with Crippen molar-refractivity contribution in [2.45, 2.75) is 31.7 Å². The summed E-state index contributed by atoms with van der Waals surface area (Å²) < 4.78 is 14.0. The zero-order chi connectivity index (χ0) is 21.6. The lowest BCUT2D eigenvalue weighted by Crippen LogP contribution is -2.32. The first-order chi connectivity index (χ1) is 15.1. The van der Waals surface area contributed by atoms with Crippen LogP contribution in [-0.4, -0.2) is 29.0 Å². The zero-order valence-corrected chi connectivity index (χ0v) is 17.2. The van der Waals surface area contributed by atoms with E-state index in [9.17, 15) is 14.0 Å². The number of anilines is 1. The molecule has 1 amide bonds. The van der Waals surface area contributed by atoms with Gasteiger partial charge in [-0.1, -0.05) is 48.5 Å². The Balaban J connectivity index is 1.55. The van der Waals surface area contributed by atoms with Gasteiger partial charge in [-0.05, 0) is 30.0 Å². The predicted molar refractivity (Wildman–Crippen MR) is 117 cm³/mol. The molecule has 0 spiro atoms. The summed E-state index contributed by atoms with van der Waals surface area (Å²) >= 11 is 0. The summed E-state index contributed by atoms with van der Waals surface area (Å²) in [4.78, 5) is 34.5. The van der Waals surface area contributed by atoms with Crippen molar-refractivity contribution in [2.75, 3.05) is 18.0 Å². The average molecular weight is 420 g/mol. The monoisotopic (exact) mass is 420 g/mol. The third-order valence-corrected chi connectivity index (χ3v) is 5.45. The SMILES string of the molecule is O=C(Cc1ccccc1F)N[C@H](Cc1cc(=O)[nH]c(N2CCCC2)n1)c1ccccc1. The summed E-state index contributed by atoms with van der Waals surface area (Å²) in [5.74, 6) is -0.117. The number of carbonyl (C=O) groups excluding carboxylic acids is 1. The van der Waals surface area contributed by atoms with E-state index in [0.29, 0.717) is 23.6 Å². The number of halogens is 1. The molecule has 1 aromatic heterocycles. The van der Waals surface area contributed by atoms with Gasteiger partial charge in [-0.15, -0.1) is 0 Å². The molecule has 2 heterocycles. The Hall–Kier alpha value is -3.48. The third-order valence-electron chi connectivity index (χ3n) is 5.45. The van der Waals surface area contributed by atoms with Crippen molar-refractivity contribution in [1.82, 2.24) is 15.3 Å². The number of H-pyrrole nitrogens is 1. The second-order valence-electron chi connectivity index (χ2n) is 7.76. The second kappa shape index (κ2) is 9.55. The molecule has 0 unspecified atom stereocenters. The summed E-state index contributed by atoms with van der Waals surface area (Å²) in [5, 5.41) is 2.99. The molecule has 7 heteroatoms. The number of carbonyl (C=O) groups is 1. The van der Waals surface area contributed by atoms with Crippen LogP contribution in [0, 0.1) is 5.82 Å². The summed E-state index contributed by atoms with van der Waals surface area (Å²) in [6, 6.07) is 16.9. The van der Waals surface area contributed by atoms with E-state index in [1.54, 1.807) is 18.2 Å². The highest BCUT2D eigenvalue weighted by molar-refractivity contribution is 5.79. The van der Waals surface area contributed by atoms with Crippen molar-refractivity contribution >= 4 is 11.9 Å². The van der Waals surface area contributed by atoms with Crippen LogP contribution in [-0.2, 0) is 17.6 Å². The van der Waals surface area contributed by atoms with Crippen molar-refractivity contribution in [3.8, 4) is 0 Å². The van der Waals surface area contributed by atoms with Gasteiger partial charge in [-0.3, -0.25) is 14.6 Å². The molecule has 6 nitrogen and oxygen atoms in total. The molecule has 3 aromatic rings. The number of hydrogen-bond donors (Lipinski definition) is 2. The Morgan fingerprint density at radius 1 is 1.10 bits per heavy atom. The van der Waals surface area contributed by atoms with Gasteiger partial charge >= 0.3 is 0 Å². The van der Waals surface area contributed by atoms with Gasteiger partial charge in [-0.25, -0.2) is 9.37 Å². The first-order valence-electron chi connectivity index (χ1n) is 10.5. The van der Waals surface area contributed by atoms with Crippen LogP contribution < -0.4 is 15.8 Å². The highest BCUT2D eigenvalue weighted by atomic mass is 19.1. The topological polar surface area (TPSA) is 78.1 Å². The molecule has 1 aliphatic rings. The molecule has 2 N–H and O–H groups in total. The van der Waals surface area contributed by atoms with Crippen LogP contribution in [0.15, 0.2) is 65.5 Å². The predicted octanol–water partition coefficient (Wildman–Crippen LogP) is 3.15. The van der Waals surface area contributed by atoms with Crippen LogP contribution in [0.25, 0.3) is 0 Å². The molecule has 1 aliphatic heterocycles. The highest BCUT2D eigenvalue weighted by Crippen LogP contribution is 2.20. The number of benzene rings is 2. The van der Waals surface area contributed by atoms with Gasteiger partial charge in [0.1, 0.15) is 5.82 Å². The number of hydrogen-bond acceptors (Lipinski definition) is 4. The molecule has 31 heavy (non-hydrogen) atoms. The van der Waals surface area contributed by atoms with Crippen molar-refractivity contribution in [1.29, 1.82) is 0 Å². The van der Waals surface area contributed by atoms with Crippen molar-refractivity contribution in [3.05, 3.63) is 93.7 Å². The molecule has 0 saturated carbocycles. The van der Waals surface area contributed by atoms with E-state index < -0.39 is 5.82 Å². The van der Waals surface area contributed by atoms with Gasteiger partial charge in [-0.2, -0.15) is 0 Å². The minimum absolute atomic E-state index is 0.0577. The van der Waals surface area contributed by atoms with Gasteiger partial charge in [0.15, 0.2) is 0 Å². The molecular weight excluding hydrogens is 395 g/mol. The summed E-state index contributed by atoms with van der Waals surface area (Å²) in [6.45, 7) is 1.74. The zero-order valence-electron chi connectivity index (χ0n) is 17.2. The molecule has 1 atom stereocenters. The second-order valence-corrected chi connectivity index (χ2v) is 7.76. The van der Waals surface area contributed by atoms with Gasteiger partial charge in [0.05, 0.1) is 18.2 Å². The normalized spacial score (nSPS) is 14.4. The maximum absolute atomic E-state index is 14.0. The number of amides is 1. The smallest absolute Gasteiger partial charge is 0.252 e. The minimum atomic E-state index is -0.402. The maximum Gasteiger partial charge on any atom is 0.252 e. The number of rotatable bonds is 7. The van der Waals surface area contributed by atoms with E-state index in [2.05, 4.69) is 20.2 Å². The number of nitrogens with one attached hydrogen (secondary N) is 2. The van der Waals surface area contributed by atoms with E-state index in [-0.39, 0.29) is 23.9 Å². The van der Waals surface area contributed by atoms with Crippen LogP contribution in [0.2, 0.25) is 0 Å². The van der Waals surface area contributed by atoms with Gasteiger partial charge in [0.25, 0.3) is 5.56 Å². The number of aromatic amines is 1. The molecule has 0 bridgehead atoms. The van der Waals surface area contributed by atoms with E-state index in [1.165, 1.54) is 12.1 Å². The Morgan fingerprint density at radius 2 is 1.81 bits per heavy atom. The lowest BCUT2D eigenvalue weighted by atomic mass is 10.0. The van der Waals surface area contributed by atoms with Crippen molar-refractivity contribution in [2.24, 2.45) is 0 Å². The molecule has 1 fully saturated rings.